The Kier molecular flexibility index (Phi) is 2.69. The lowest BCUT2D eigenvalue weighted by Gasteiger charge is -2.23. The second-order valence-corrected chi connectivity index (χ2v) is 4.26. The van der Waals surface area contributed by atoms with Crippen molar-refractivity contribution in [3.8, 4) is 6.07 Å². The highest BCUT2D eigenvalue weighted by Gasteiger charge is 2.07. The van der Waals surface area contributed by atoms with E-state index in [-0.39, 0.29) is 0 Å². The molecule has 1 rings (SSSR count). The van der Waals surface area contributed by atoms with Gasteiger partial charge in [-0.25, -0.2) is 0 Å². The zero-order chi connectivity index (χ0) is 9.90. The molecule has 0 aliphatic rings. The van der Waals surface area contributed by atoms with Crippen LogP contribution in [-0.2, 0) is 6.54 Å². The molecule has 2 heteroatoms. The van der Waals surface area contributed by atoms with Gasteiger partial charge in [0.1, 0.15) is 6.54 Å². The number of nitrogens with zero attached hydrogens (tertiary/aromatic N) is 2. The first-order valence-electron chi connectivity index (χ1n) is 4.31. The molecule has 0 radical (unpaired) electrons. The highest BCUT2D eigenvalue weighted by Crippen LogP contribution is 2.08. The monoisotopic (exact) mass is 175 g/mol. The molecule has 0 fully saturated rings. The Hall–Kier alpha value is -1.33. The van der Waals surface area contributed by atoms with Crippen molar-refractivity contribution in [2.75, 3.05) is 21.1 Å². The minimum Gasteiger partial charge on any atom is -0.327 e. The van der Waals surface area contributed by atoms with Crippen molar-refractivity contribution in [1.82, 2.24) is 0 Å². The van der Waals surface area contributed by atoms with Crippen LogP contribution in [0.15, 0.2) is 24.3 Å². The summed E-state index contributed by atoms with van der Waals surface area (Å²) in [6.07, 6.45) is 0. The molecule has 68 valence electrons. The Morgan fingerprint density at radius 1 is 1.15 bits per heavy atom. The Morgan fingerprint density at radius 3 is 2.08 bits per heavy atom. The van der Waals surface area contributed by atoms with E-state index in [1.165, 1.54) is 5.56 Å². The van der Waals surface area contributed by atoms with Gasteiger partial charge in [0.05, 0.1) is 32.8 Å². The summed E-state index contributed by atoms with van der Waals surface area (Å²) < 4.78 is 0.909. The summed E-state index contributed by atoms with van der Waals surface area (Å²) in [4.78, 5) is 0. The van der Waals surface area contributed by atoms with Crippen molar-refractivity contribution in [2.24, 2.45) is 0 Å². The Bertz CT molecular complexity index is 311. The molecule has 0 unspecified atom stereocenters. The van der Waals surface area contributed by atoms with E-state index in [0.29, 0.717) is 0 Å². The number of nitriles is 1. The topological polar surface area (TPSA) is 23.8 Å². The van der Waals surface area contributed by atoms with Crippen molar-refractivity contribution in [2.45, 2.75) is 6.54 Å². The van der Waals surface area contributed by atoms with Gasteiger partial charge in [-0.3, -0.25) is 0 Å². The van der Waals surface area contributed by atoms with Gasteiger partial charge in [0.25, 0.3) is 0 Å². The third kappa shape index (κ3) is 3.27. The lowest BCUT2D eigenvalue weighted by Crippen LogP contribution is -2.33. The molecule has 0 aromatic heterocycles. The van der Waals surface area contributed by atoms with Crippen molar-refractivity contribution in [1.29, 1.82) is 5.26 Å². The van der Waals surface area contributed by atoms with Gasteiger partial charge >= 0.3 is 0 Å². The molecular weight excluding hydrogens is 160 g/mol. The highest BCUT2D eigenvalue weighted by atomic mass is 15.3. The normalized spacial score (nSPS) is 10.9. The van der Waals surface area contributed by atoms with Crippen molar-refractivity contribution < 1.29 is 4.48 Å². The Labute approximate surface area is 79.6 Å². The fourth-order valence-corrected chi connectivity index (χ4v) is 1.23. The first-order chi connectivity index (χ1) is 6.01. The standard InChI is InChI=1S/C11H15N2/c1-13(2,3)9-11-6-4-10(8-12)5-7-11/h4-7H,9H2,1-3H3/q+1. The average Bonchev–Trinajstić information content (AvgIpc) is 2.03. The second-order valence-electron chi connectivity index (χ2n) is 4.26. The molecule has 2 nitrogen and oxygen atoms in total. The quantitative estimate of drug-likeness (QED) is 0.628. The van der Waals surface area contributed by atoms with Gasteiger partial charge in [0.2, 0.25) is 0 Å². The molecule has 1 aromatic carbocycles. The fourth-order valence-electron chi connectivity index (χ4n) is 1.23. The van der Waals surface area contributed by atoms with Crippen LogP contribution in [0.4, 0.5) is 0 Å². The zero-order valence-electron chi connectivity index (χ0n) is 8.41. The molecule has 0 aliphatic heterocycles. The zero-order valence-corrected chi connectivity index (χ0v) is 8.41. The maximum Gasteiger partial charge on any atom is 0.104 e. The van der Waals surface area contributed by atoms with Gasteiger partial charge in [-0.15, -0.1) is 0 Å². The summed E-state index contributed by atoms with van der Waals surface area (Å²) in [5.74, 6) is 0. The van der Waals surface area contributed by atoms with E-state index in [1.807, 2.05) is 24.3 Å². The number of hydrogen-bond donors (Lipinski definition) is 0. The molecule has 0 atom stereocenters. The molecule has 0 bridgehead atoms. The number of rotatable bonds is 2. The van der Waals surface area contributed by atoms with Crippen LogP contribution in [0.1, 0.15) is 11.1 Å². The third-order valence-electron chi connectivity index (χ3n) is 1.74. The number of quaternary nitrogens is 1. The van der Waals surface area contributed by atoms with E-state index in [2.05, 4.69) is 27.2 Å². The molecule has 13 heavy (non-hydrogen) atoms. The van der Waals surface area contributed by atoms with Crippen LogP contribution in [0.25, 0.3) is 0 Å². The summed E-state index contributed by atoms with van der Waals surface area (Å²) in [6.45, 7) is 0.992. The van der Waals surface area contributed by atoms with Crippen LogP contribution in [0.2, 0.25) is 0 Å². The first-order valence-corrected chi connectivity index (χ1v) is 4.31. The van der Waals surface area contributed by atoms with Crippen LogP contribution in [0.5, 0.6) is 0 Å². The van der Waals surface area contributed by atoms with E-state index in [0.717, 1.165) is 16.6 Å². The summed E-state index contributed by atoms with van der Waals surface area (Å²) in [5, 5.41) is 8.61. The Morgan fingerprint density at radius 2 is 1.69 bits per heavy atom. The first kappa shape index (κ1) is 9.76. The van der Waals surface area contributed by atoms with E-state index in [1.54, 1.807) is 0 Å². The largest absolute Gasteiger partial charge is 0.327 e. The van der Waals surface area contributed by atoms with Gasteiger partial charge in [-0.05, 0) is 12.1 Å². The van der Waals surface area contributed by atoms with Crippen molar-refractivity contribution in [3.05, 3.63) is 35.4 Å². The number of hydrogen-bond acceptors (Lipinski definition) is 1. The highest BCUT2D eigenvalue weighted by molar-refractivity contribution is 5.31. The second kappa shape index (κ2) is 3.59. The summed E-state index contributed by atoms with van der Waals surface area (Å²) in [7, 11) is 6.45. The van der Waals surface area contributed by atoms with Gasteiger partial charge in [-0.1, -0.05) is 12.1 Å². The molecule has 0 heterocycles. The third-order valence-corrected chi connectivity index (χ3v) is 1.74. The molecule has 0 spiro atoms. The molecule has 0 aliphatic carbocycles. The van der Waals surface area contributed by atoms with E-state index >= 15 is 0 Å². The fraction of sp³-hybridized carbons (Fsp3) is 0.364. The molecule has 0 saturated heterocycles. The lowest BCUT2D eigenvalue weighted by atomic mass is 10.1. The SMILES string of the molecule is C[N+](C)(C)Cc1ccc(C#N)cc1. The summed E-state index contributed by atoms with van der Waals surface area (Å²) in [5.41, 5.74) is 2.00. The van der Waals surface area contributed by atoms with E-state index in [4.69, 9.17) is 5.26 Å². The molecule has 0 N–H and O–H groups in total. The Balaban J connectivity index is 2.77. The smallest absolute Gasteiger partial charge is 0.104 e. The molecule has 0 saturated carbocycles. The molecular formula is C11H15N2+. The summed E-state index contributed by atoms with van der Waals surface area (Å²) >= 11 is 0. The van der Waals surface area contributed by atoms with Crippen LogP contribution < -0.4 is 0 Å². The van der Waals surface area contributed by atoms with E-state index < -0.39 is 0 Å². The van der Waals surface area contributed by atoms with Crippen LogP contribution in [0.3, 0.4) is 0 Å². The minimum atomic E-state index is 0.727. The maximum atomic E-state index is 8.61. The predicted octanol–water partition coefficient (Wildman–Crippen LogP) is 1.76. The van der Waals surface area contributed by atoms with Gasteiger partial charge in [-0.2, -0.15) is 5.26 Å². The van der Waals surface area contributed by atoms with Crippen LogP contribution in [-0.4, -0.2) is 25.6 Å². The number of benzene rings is 1. The molecule has 1 aromatic rings. The lowest BCUT2D eigenvalue weighted by molar-refractivity contribution is -0.884. The minimum absolute atomic E-state index is 0.727. The predicted molar refractivity (Wildman–Crippen MR) is 52.9 cm³/mol. The molecule has 0 amide bonds. The van der Waals surface area contributed by atoms with E-state index in [9.17, 15) is 0 Å². The van der Waals surface area contributed by atoms with Gasteiger partial charge in [0.15, 0.2) is 0 Å². The van der Waals surface area contributed by atoms with Crippen molar-refractivity contribution >= 4 is 0 Å². The average molecular weight is 175 g/mol. The summed E-state index contributed by atoms with van der Waals surface area (Å²) in [6, 6.07) is 9.88. The maximum absolute atomic E-state index is 8.61. The van der Waals surface area contributed by atoms with Crippen LogP contribution >= 0.6 is 0 Å². The van der Waals surface area contributed by atoms with Gasteiger partial charge in [0, 0.05) is 5.56 Å². The van der Waals surface area contributed by atoms with Crippen molar-refractivity contribution in [3.63, 3.8) is 0 Å². The van der Waals surface area contributed by atoms with Crippen LogP contribution in [0, 0.1) is 11.3 Å². The van der Waals surface area contributed by atoms with Gasteiger partial charge < -0.3 is 4.48 Å².